The number of ether oxygens (including phenoxy) is 1. The summed E-state index contributed by atoms with van der Waals surface area (Å²) in [5.74, 6) is -3.35. The molecule has 0 N–H and O–H groups in total. The first-order valence-electron chi connectivity index (χ1n) is 6.49. The van der Waals surface area contributed by atoms with Gasteiger partial charge in [0.1, 0.15) is 5.69 Å². The number of pyridine rings is 1. The molecule has 116 valence electrons. The van der Waals surface area contributed by atoms with Crippen molar-refractivity contribution in [2.45, 2.75) is 41.5 Å². The average Bonchev–Trinajstić information content (AvgIpc) is 2.52. The van der Waals surface area contributed by atoms with Crippen LogP contribution in [0.5, 0.6) is 0 Å². The highest BCUT2D eigenvalue weighted by molar-refractivity contribution is 5.88. The highest BCUT2D eigenvalue weighted by Crippen LogP contribution is 2.10. The summed E-state index contributed by atoms with van der Waals surface area (Å²) in [6.45, 7) is 12.0. The van der Waals surface area contributed by atoms with Crippen LogP contribution in [0.1, 0.15) is 62.5 Å². The number of hydrogen-bond donors (Lipinski definition) is 0. The van der Waals surface area contributed by atoms with Crippen molar-refractivity contribution in [1.29, 1.82) is 0 Å². The fraction of sp³-hybridized carbons (Fsp3) is 0.500. The SMILES string of the molecule is CC.CC.CC.COC(=O)c1nc(C=O)c(F)cc1F. The maximum absolute atomic E-state index is 12.9. The topological polar surface area (TPSA) is 56.3 Å². The molecule has 0 bridgehead atoms. The summed E-state index contributed by atoms with van der Waals surface area (Å²) >= 11 is 0. The average molecular weight is 291 g/mol. The molecule has 0 aliphatic heterocycles. The number of aldehydes is 1. The zero-order valence-electron chi connectivity index (χ0n) is 13.1. The van der Waals surface area contributed by atoms with E-state index < -0.39 is 29.0 Å². The number of carbonyl (C=O) groups is 2. The van der Waals surface area contributed by atoms with Gasteiger partial charge in [-0.25, -0.2) is 18.6 Å². The van der Waals surface area contributed by atoms with Crippen LogP contribution in [-0.2, 0) is 4.74 Å². The van der Waals surface area contributed by atoms with E-state index >= 15 is 0 Å². The lowest BCUT2D eigenvalue weighted by Crippen LogP contribution is -2.10. The molecule has 0 fully saturated rings. The molecule has 0 spiro atoms. The van der Waals surface area contributed by atoms with Gasteiger partial charge in [-0.3, -0.25) is 4.79 Å². The Morgan fingerprint density at radius 1 is 1.10 bits per heavy atom. The van der Waals surface area contributed by atoms with Gasteiger partial charge >= 0.3 is 5.97 Å². The molecule has 1 rings (SSSR count). The zero-order chi connectivity index (χ0) is 16.7. The first kappa shape index (κ1) is 23.3. The summed E-state index contributed by atoms with van der Waals surface area (Å²) in [5, 5.41) is 0. The Labute approximate surface area is 119 Å². The van der Waals surface area contributed by atoms with E-state index in [0.29, 0.717) is 6.07 Å². The maximum Gasteiger partial charge on any atom is 0.359 e. The van der Waals surface area contributed by atoms with Gasteiger partial charge < -0.3 is 4.74 Å². The third-order valence-electron chi connectivity index (χ3n) is 1.45. The fourth-order valence-electron chi connectivity index (χ4n) is 0.803. The molecule has 0 saturated carbocycles. The van der Waals surface area contributed by atoms with Crippen LogP contribution in [0.4, 0.5) is 8.78 Å². The van der Waals surface area contributed by atoms with E-state index in [1.807, 2.05) is 41.5 Å². The van der Waals surface area contributed by atoms with Gasteiger partial charge in [-0.2, -0.15) is 0 Å². The summed E-state index contributed by atoms with van der Waals surface area (Å²) in [5.41, 5.74) is -1.34. The second-order valence-corrected chi connectivity index (χ2v) is 2.30. The normalized spacial score (nSPS) is 7.65. The summed E-state index contributed by atoms with van der Waals surface area (Å²) in [6, 6.07) is 0.406. The molecule has 4 nitrogen and oxygen atoms in total. The van der Waals surface area contributed by atoms with E-state index in [9.17, 15) is 18.4 Å². The lowest BCUT2D eigenvalue weighted by molar-refractivity contribution is 0.0588. The molecule has 1 aromatic heterocycles. The van der Waals surface area contributed by atoms with Crippen molar-refractivity contribution in [2.75, 3.05) is 7.11 Å². The van der Waals surface area contributed by atoms with Crippen LogP contribution in [0.15, 0.2) is 6.07 Å². The molecule has 0 amide bonds. The minimum atomic E-state index is -1.17. The van der Waals surface area contributed by atoms with Crippen molar-refractivity contribution in [3.05, 3.63) is 29.1 Å². The molecule has 0 unspecified atom stereocenters. The Hall–Kier alpha value is -1.85. The first-order valence-corrected chi connectivity index (χ1v) is 6.49. The number of aromatic nitrogens is 1. The van der Waals surface area contributed by atoms with E-state index in [-0.39, 0.29) is 6.29 Å². The van der Waals surface area contributed by atoms with Gasteiger partial charge in [0.05, 0.1) is 7.11 Å². The Kier molecular flexibility index (Phi) is 17.7. The monoisotopic (exact) mass is 291 g/mol. The van der Waals surface area contributed by atoms with Crippen LogP contribution < -0.4 is 0 Å². The van der Waals surface area contributed by atoms with Crippen LogP contribution >= 0.6 is 0 Å². The van der Waals surface area contributed by atoms with Gasteiger partial charge in [-0.05, 0) is 0 Å². The van der Waals surface area contributed by atoms with Gasteiger partial charge in [0, 0.05) is 6.07 Å². The minimum Gasteiger partial charge on any atom is -0.464 e. The standard InChI is InChI=1S/C8H5F2NO3.3C2H6/c1-14-8(13)7-5(10)2-4(9)6(3-12)11-7;3*1-2/h2-3H,1H3;3*1-2H3. The Morgan fingerprint density at radius 2 is 1.55 bits per heavy atom. The molecule has 6 heteroatoms. The van der Waals surface area contributed by atoms with Gasteiger partial charge in [0.2, 0.25) is 0 Å². The zero-order valence-corrected chi connectivity index (χ0v) is 13.1. The van der Waals surface area contributed by atoms with Crippen LogP contribution in [0.2, 0.25) is 0 Å². The molecule has 20 heavy (non-hydrogen) atoms. The van der Waals surface area contributed by atoms with Crippen molar-refractivity contribution in [1.82, 2.24) is 4.98 Å². The Balaban J connectivity index is -0.000000425. The van der Waals surface area contributed by atoms with Crippen molar-refractivity contribution in [3.63, 3.8) is 0 Å². The van der Waals surface area contributed by atoms with Gasteiger partial charge in [0.25, 0.3) is 0 Å². The van der Waals surface area contributed by atoms with Crippen molar-refractivity contribution in [3.8, 4) is 0 Å². The molecule has 0 saturated heterocycles. The van der Waals surface area contributed by atoms with Gasteiger partial charge in [-0.15, -0.1) is 0 Å². The predicted molar refractivity (Wildman–Crippen MR) is 74.9 cm³/mol. The largest absolute Gasteiger partial charge is 0.464 e. The predicted octanol–water partition coefficient (Wildman–Crippen LogP) is 4.04. The molecule has 0 aliphatic carbocycles. The van der Waals surface area contributed by atoms with E-state index in [2.05, 4.69) is 9.72 Å². The summed E-state index contributed by atoms with van der Waals surface area (Å²) < 4.78 is 29.8. The van der Waals surface area contributed by atoms with E-state index in [4.69, 9.17) is 0 Å². The highest BCUT2D eigenvalue weighted by atomic mass is 19.1. The third kappa shape index (κ3) is 7.56. The Bertz CT molecular complexity index is 396. The lowest BCUT2D eigenvalue weighted by Gasteiger charge is -2.01. The summed E-state index contributed by atoms with van der Waals surface area (Å²) in [4.78, 5) is 24.2. The van der Waals surface area contributed by atoms with Crippen LogP contribution in [-0.4, -0.2) is 24.3 Å². The maximum atomic E-state index is 12.9. The highest BCUT2D eigenvalue weighted by Gasteiger charge is 2.17. The molecular weight excluding hydrogens is 268 g/mol. The number of halogens is 2. The number of rotatable bonds is 2. The Morgan fingerprint density at radius 3 is 1.90 bits per heavy atom. The smallest absolute Gasteiger partial charge is 0.359 e. The van der Waals surface area contributed by atoms with E-state index in [1.165, 1.54) is 0 Å². The fourth-order valence-corrected chi connectivity index (χ4v) is 0.803. The van der Waals surface area contributed by atoms with Crippen LogP contribution in [0, 0.1) is 11.6 Å². The summed E-state index contributed by atoms with van der Waals surface area (Å²) in [6.07, 6.45) is 0.0845. The number of hydrogen-bond acceptors (Lipinski definition) is 4. The molecule has 0 atom stereocenters. The van der Waals surface area contributed by atoms with Crippen molar-refractivity contribution in [2.24, 2.45) is 0 Å². The van der Waals surface area contributed by atoms with E-state index in [0.717, 1.165) is 7.11 Å². The third-order valence-corrected chi connectivity index (χ3v) is 1.45. The molecule has 0 aromatic carbocycles. The number of methoxy groups -OCH3 is 1. The summed E-state index contributed by atoms with van der Waals surface area (Å²) in [7, 11) is 1.02. The quantitative estimate of drug-likeness (QED) is 0.609. The van der Waals surface area contributed by atoms with Gasteiger partial charge in [-0.1, -0.05) is 41.5 Å². The van der Waals surface area contributed by atoms with Crippen molar-refractivity contribution >= 4 is 12.3 Å². The van der Waals surface area contributed by atoms with Crippen molar-refractivity contribution < 1.29 is 23.1 Å². The van der Waals surface area contributed by atoms with Crippen LogP contribution in [0.25, 0.3) is 0 Å². The second kappa shape index (κ2) is 15.2. The van der Waals surface area contributed by atoms with Crippen LogP contribution in [0.3, 0.4) is 0 Å². The second-order valence-electron chi connectivity index (χ2n) is 2.30. The first-order chi connectivity index (χ1) is 9.60. The van der Waals surface area contributed by atoms with E-state index in [1.54, 1.807) is 0 Å². The molecule has 0 aliphatic rings. The molecular formula is C14H23F2NO3. The molecule has 1 aromatic rings. The van der Waals surface area contributed by atoms with Gasteiger partial charge in [0.15, 0.2) is 23.6 Å². The number of esters is 1. The lowest BCUT2D eigenvalue weighted by atomic mass is 10.3. The number of carbonyl (C=O) groups excluding carboxylic acids is 2. The molecule has 1 heterocycles. The number of nitrogens with zero attached hydrogens (tertiary/aromatic N) is 1. The molecule has 0 radical (unpaired) electrons. The minimum absolute atomic E-state index is 0.0845.